The van der Waals surface area contributed by atoms with Gasteiger partial charge < -0.3 is 5.11 Å². The first-order chi connectivity index (χ1) is 9.54. The number of rotatable bonds is 5. The molecule has 0 saturated heterocycles. The molecule has 106 valence electrons. The van der Waals surface area contributed by atoms with Gasteiger partial charge in [-0.2, -0.15) is 5.10 Å². The van der Waals surface area contributed by atoms with Gasteiger partial charge in [-0.05, 0) is 29.9 Å². The average Bonchev–Trinajstić information content (AvgIpc) is 2.88. The van der Waals surface area contributed by atoms with Gasteiger partial charge in [-0.25, -0.2) is 9.48 Å². The fourth-order valence-electron chi connectivity index (χ4n) is 1.98. The van der Waals surface area contributed by atoms with Crippen LogP contribution in [0.3, 0.4) is 0 Å². The van der Waals surface area contributed by atoms with E-state index in [0.29, 0.717) is 17.2 Å². The summed E-state index contributed by atoms with van der Waals surface area (Å²) in [6, 6.07) is 7.43. The lowest BCUT2D eigenvalue weighted by Gasteiger charge is -2.10. The van der Waals surface area contributed by atoms with Crippen molar-refractivity contribution in [2.75, 3.05) is 5.75 Å². The molecule has 0 saturated carbocycles. The van der Waals surface area contributed by atoms with Crippen molar-refractivity contribution in [3.05, 3.63) is 41.7 Å². The summed E-state index contributed by atoms with van der Waals surface area (Å²) < 4.78 is 1.65. The molecule has 1 N–H and O–H groups in total. The summed E-state index contributed by atoms with van der Waals surface area (Å²) in [7, 11) is 0. The van der Waals surface area contributed by atoms with Gasteiger partial charge in [0.2, 0.25) is 0 Å². The molecule has 0 aliphatic carbocycles. The highest BCUT2D eigenvalue weighted by atomic mass is 32.2. The minimum Gasteiger partial charge on any atom is -0.478 e. The van der Waals surface area contributed by atoms with Gasteiger partial charge in [-0.1, -0.05) is 26.8 Å². The molecule has 0 bridgehead atoms. The van der Waals surface area contributed by atoms with E-state index in [2.05, 4.69) is 18.9 Å². The first kappa shape index (κ1) is 14.7. The number of nitrogens with zero attached hydrogens (tertiary/aromatic N) is 2. The zero-order valence-corrected chi connectivity index (χ0v) is 12.6. The number of aromatic carboxylic acids is 1. The Labute approximate surface area is 122 Å². The number of carboxylic acid groups (broad SMARTS) is 1. The van der Waals surface area contributed by atoms with Crippen LogP contribution < -0.4 is 0 Å². The predicted molar refractivity (Wildman–Crippen MR) is 81.0 cm³/mol. The van der Waals surface area contributed by atoms with E-state index in [9.17, 15) is 9.90 Å². The van der Waals surface area contributed by atoms with Crippen LogP contribution in [-0.2, 0) is 0 Å². The number of benzene rings is 1. The Hall–Kier alpha value is -1.75. The molecular formula is C15H18N2O2S. The summed E-state index contributed by atoms with van der Waals surface area (Å²) >= 11 is 1.53. The molecule has 0 amide bonds. The van der Waals surface area contributed by atoms with Crippen LogP contribution in [-0.4, -0.2) is 26.6 Å². The first-order valence-electron chi connectivity index (χ1n) is 6.59. The van der Waals surface area contributed by atoms with Gasteiger partial charge in [-0.3, -0.25) is 0 Å². The van der Waals surface area contributed by atoms with Crippen molar-refractivity contribution in [3.8, 4) is 5.69 Å². The molecule has 2 aromatic rings. The van der Waals surface area contributed by atoms with Gasteiger partial charge in [0.25, 0.3) is 0 Å². The Morgan fingerprint density at radius 1 is 1.40 bits per heavy atom. The molecule has 5 heteroatoms. The van der Waals surface area contributed by atoms with Crippen LogP contribution in [0.1, 0.15) is 42.7 Å². The van der Waals surface area contributed by atoms with E-state index in [1.165, 1.54) is 11.8 Å². The molecule has 0 aliphatic rings. The van der Waals surface area contributed by atoms with Crippen LogP contribution in [0, 0.1) is 0 Å². The molecule has 0 spiro atoms. The number of aromatic nitrogens is 2. The van der Waals surface area contributed by atoms with E-state index in [4.69, 9.17) is 0 Å². The monoisotopic (exact) mass is 290 g/mol. The molecule has 0 fully saturated rings. The van der Waals surface area contributed by atoms with Gasteiger partial charge >= 0.3 is 5.97 Å². The number of hydrogen-bond donors (Lipinski definition) is 1. The Kier molecular flexibility index (Phi) is 4.49. The highest BCUT2D eigenvalue weighted by molar-refractivity contribution is 7.99. The van der Waals surface area contributed by atoms with Gasteiger partial charge in [0.05, 0.1) is 16.9 Å². The molecule has 0 atom stereocenters. The highest BCUT2D eigenvalue weighted by Gasteiger charge is 2.17. The van der Waals surface area contributed by atoms with E-state index in [0.717, 1.165) is 16.3 Å². The summed E-state index contributed by atoms with van der Waals surface area (Å²) in [5, 5.41) is 14.0. The second-order valence-corrected chi connectivity index (χ2v) is 6.03. The second kappa shape index (κ2) is 6.13. The zero-order chi connectivity index (χ0) is 14.7. The maximum absolute atomic E-state index is 11.6. The van der Waals surface area contributed by atoms with Gasteiger partial charge in [0.1, 0.15) is 0 Å². The van der Waals surface area contributed by atoms with Gasteiger partial charge in [-0.15, -0.1) is 11.8 Å². The van der Waals surface area contributed by atoms with Crippen molar-refractivity contribution in [3.63, 3.8) is 0 Å². The summed E-state index contributed by atoms with van der Waals surface area (Å²) in [5.41, 5.74) is 1.88. The van der Waals surface area contributed by atoms with E-state index < -0.39 is 5.97 Å². The van der Waals surface area contributed by atoms with E-state index in [-0.39, 0.29) is 0 Å². The van der Waals surface area contributed by atoms with Crippen LogP contribution in [0.2, 0.25) is 0 Å². The normalized spacial score (nSPS) is 11.0. The number of carboxylic acids is 1. The number of thioether (sulfide) groups is 1. The van der Waals surface area contributed by atoms with Crippen molar-refractivity contribution in [1.82, 2.24) is 9.78 Å². The fraction of sp³-hybridized carbons (Fsp3) is 0.333. The summed E-state index contributed by atoms with van der Waals surface area (Å²) in [6.45, 7) is 6.13. The van der Waals surface area contributed by atoms with Crippen molar-refractivity contribution in [2.45, 2.75) is 31.6 Å². The van der Waals surface area contributed by atoms with Crippen molar-refractivity contribution >= 4 is 17.7 Å². The maximum Gasteiger partial charge on any atom is 0.339 e. The lowest BCUT2D eigenvalue weighted by molar-refractivity contribution is 0.0693. The Morgan fingerprint density at radius 2 is 2.15 bits per heavy atom. The SMILES string of the molecule is CCSc1cccc(-n2ccc(C(C)C)n2)c1C(=O)O. The predicted octanol–water partition coefficient (Wildman–Crippen LogP) is 3.81. The first-order valence-corrected chi connectivity index (χ1v) is 7.58. The van der Waals surface area contributed by atoms with Crippen molar-refractivity contribution in [1.29, 1.82) is 0 Å². The lowest BCUT2D eigenvalue weighted by atomic mass is 10.1. The maximum atomic E-state index is 11.6. The zero-order valence-electron chi connectivity index (χ0n) is 11.8. The van der Waals surface area contributed by atoms with Gasteiger partial charge in [0, 0.05) is 11.1 Å². The molecule has 0 unspecified atom stereocenters. The Bertz CT molecular complexity index is 620. The third-order valence-corrected chi connectivity index (χ3v) is 3.91. The Morgan fingerprint density at radius 3 is 2.70 bits per heavy atom. The Balaban J connectivity index is 2.54. The highest BCUT2D eigenvalue weighted by Crippen LogP contribution is 2.28. The molecular weight excluding hydrogens is 272 g/mol. The van der Waals surface area contributed by atoms with E-state index in [1.54, 1.807) is 10.7 Å². The molecule has 1 aromatic carbocycles. The molecule has 0 radical (unpaired) electrons. The molecule has 0 aliphatic heterocycles. The third kappa shape index (κ3) is 2.88. The smallest absolute Gasteiger partial charge is 0.339 e. The second-order valence-electron chi connectivity index (χ2n) is 4.73. The summed E-state index contributed by atoms with van der Waals surface area (Å²) in [4.78, 5) is 12.4. The van der Waals surface area contributed by atoms with Gasteiger partial charge in [0.15, 0.2) is 0 Å². The van der Waals surface area contributed by atoms with E-state index >= 15 is 0 Å². The average molecular weight is 290 g/mol. The molecule has 20 heavy (non-hydrogen) atoms. The summed E-state index contributed by atoms with van der Waals surface area (Å²) in [6.07, 6.45) is 1.82. The molecule has 2 rings (SSSR count). The summed E-state index contributed by atoms with van der Waals surface area (Å²) in [5.74, 6) is 0.232. The van der Waals surface area contributed by atoms with Crippen LogP contribution in [0.25, 0.3) is 5.69 Å². The van der Waals surface area contributed by atoms with Crippen LogP contribution in [0.4, 0.5) is 0 Å². The minimum atomic E-state index is -0.918. The number of hydrogen-bond acceptors (Lipinski definition) is 3. The van der Waals surface area contributed by atoms with Crippen LogP contribution >= 0.6 is 11.8 Å². The quantitative estimate of drug-likeness (QED) is 0.851. The molecule has 1 aromatic heterocycles. The van der Waals surface area contributed by atoms with Crippen molar-refractivity contribution < 1.29 is 9.90 Å². The van der Waals surface area contributed by atoms with Crippen LogP contribution in [0.5, 0.6) is 0 Å². The topological polar surface area (TPSA) is 55.1 Å². The molecule has 4 nitrogen and oxygen atoms in total. The third-order valence-electron chi connectivity index (χ3n) is 2.97. The lowest BCUT2D eigenvalue weighted by Crippen LogP contribution is -2.08. The van der Waals surface area contributed by atoms with E-state index in [1.807, 2.05) is 31.3 Å². The van der Waals surface area contributed by atoms with Crippen molar-refractivity contribution in [2.24, 2.45) is 0 Å². The number of carbonyl (C=O) groups is 1. The standard InChI is InChI=1S/C15H18N2O2S/c1-4-20-13-7-5-6-12(14(13)15(18)19)17-9-8-11(16-17)10(2)3/h5-10H,4H2,1-3H3,(H,18,19). The molecule has 1 heterocycles. The largest absolute Gasteiger partial charge is 0.478 e. The van der Waals surface area contributed by atoms with Crippen LogP contribution in [0.15, 0.2) is 35.4 Å². The minimum absolute atomic E-state index is 0.317. The fourth-order valence-corrected chi connectivity index (χ4v) is 2.80.